The molecular formula is C19H31ClIN3O3. The normalized spacial score (nSPS) is 19.1. The molecule has 27 heavy (non-hydrogen) atoms. The van der Waals surface area contributed by atoms with Crippen LogP contribution in [0.3, 0.4) is 0 Å². The third-order valence-corrected chi connectivity index (χ3v) is 4.11. The number of hydrogen-bond donors (Lipinski definition) is 2. The van der Waals surface area contributed by atoms with E-state index in [9.17, 15) is 0 Å². The first kappa shape index (κ1) is 24.3. The van der Waals surface area contributed by atoms with Crippen molar-refractivity contribution in [2.24, 2.45) is 4.99 Å². The van der Waals surface area contributed by atoms with Gasteiger partial charge in [-0.25, -0.2) is 4.99 Å². The van der Waals surface area contributed by atoms with Gasteiger partial charge in [0.05, 0.1) is 25.9 Å². The molecular weight excluding hydrogens is 481 g/mol. The zero-order valence-electron chi connectivity index (χ0n) is 16.2. The van der Waals surface area contributed by atoms with Gasteiger partial charge in [-0.05, 0) is 51.5 Å². The van der Waals surface area contributed by atoms with Gasteiger partial charge in [-0.2, -0.15) is 0 Å². The highest BCUT2D eigenvalue weighted by Gasteiger charge is 2.17. The summed E-state index contributed by atoms with van der Waals surface area (Å²) in [7, 11) is 0. The van der Waals surface area contributed by atoms with Gasteiger partial charge in [0.1, 0.15) is 11.9 Å². The minimum atomic E-state index is -0.0474. The van der Waals surface area contributed by atoms with E-state index in [2.05, 4.69) is 22.5 Å². The molecule has 1 saturated heterocycles. The van der Waals surface area contributed by atoms with Crippen LogP contribution in [0.2, 0.25) is 5.02 Å². The van der Waals surface area contributed by atoms with Gasteiger partial charge in [-0.15, -0.1) is 24.0 Å². The Morgan fingerprint density at radius 3 is 2.70 bits per heavy atom. The van der Waals surface area contributed by atoms with E-state index in [1.165, 1.54) is 0 Å². The van der Waals surface area contributed by atoms with Gasteiger partial charge >= 0.3 is 0 Å². The molecule has 2 N–H and O–H groups in total. The molecule has 3 unspecified atom stereocenters. The van der Waals surface area contributed by atoms with E-state index in [4.69, 9.17) is 25.8 Å². The Labute approximate surface area is 184 Å². The SMILES string of the molecule is CCNC(=NCC(C)Oc1ccc(Cl)cc1)NC(C)COC1CCOC1.I. The molecule has 6 nitrogen and oxygen atoms in total. The quantitative estimate of drug-likeness (QED) is 0.302. The maximum atomic E-state index is 5.89. The van der Waals surface area contributed by atoms with Crippen LogP contribution in [0.5, 0.6) is 5.75 Å². The van der Waals surface area contributed by atoms with E-state index in [1.807, 2.05) is 38.1 Å². The lowest BCUT2D eigenvalue weighted by atomic mass is 10.3. The highest BCUT2D eigenvalue weighted by atomic mass is 127. The molecule has 1 aliphatic rings. The van der Waals surface area contributed by atoms with Crippen molar-refractivity contribution in [1.29, 1.82) is 0 Å². The number of halogens is 2. The van der Waals surface area contributed by atoms with Gasteiger partial charge < -0.3 is 24.8 Å². The van der Waals surface area contributed by atoms with Gasteiger partial charge in [0, 0.05) is 24.2 Å². The number of hydrogen-bond acceptors (Lipinski definition) is 4. The number of nitrogens with zero attached hydrogens (tertiary/aromatic N) is 1. The predicted molar refractivity (Wildman–Crippen MR) is 121 cm³/mol. The molecule has 8 heteroatoms. The fourth-order valence-corrected chi connectivity index (χ4v) is 2.65. The highest BCUT2D eigenvalue weighted by Crippen LogP contribution is 2.16. The maximum Gasteiger partial charge on any atom is 0.191 e. The molecule has 0 aliphatic carbocycles. The molecule has 0 spiro atoms. The summed E-state index contributed by atoms with van der Waals surface area (Å²) < 4.78 is 17.0. The molecule has 1 heterocycles. The minimum Gasteiger partial charge on any atom is -0.489 e. The summed E-state index contributed by atoms with van der Waals surface area (Å²) in [5, 5.41) is 7.32. The van der Waals surface area contributed by atoms with Crippen LogP contribution in [-0.4, -0.2) is 57.1 Å². The van der Waals surface area contributed by atoms with E-state index < -0.39 is 0 Å². The monoisotopic (exact) mass is 511 g/mol. The van der Waals surface area contributed by atoms with Crippen molar-refractivity contribution in [3.8, 4) is 5.75 Å². The predicted octanol–water partition coefficient (Wildman–Crippen LogP) is 3.47. The molecule has 0 amide bonds. The van der Waals surface area contributed by atoms with Crippen molar-refractivity contribution in [3.05, 3.63) is 29.3 Å². The Morgan fingerprint density at radius 1 is 1.33 bits per heavy atom. The molecule has 2 rings (SSSR count). The molecule has 1 aliphatic heterocycles. The average molecular weight is 512 g/mol. The second-order valence-electron chi connectivity index (χ2n) is 6.47. The van der Waals surface area contributed by atoms with Crippen molar-refractivity contribution in [2.45, 2.75) is 45.4 Å². The van der Waals surface area contributed by atoms with Crippen LogP contribution in [0.15, 0.2) is 29.3 Å². The summed E-state index contributed by atoms with van der Waals surface area (Å²) in [5.74, 6) is 1.55. The summed E-state index contributed by atoms with van der Waals surface area (Å²) >= 11 is 5.89. The lowest BCUT2D eigenvalue weighted by Gasteiger charge is -2.20. The smallest absolute Gasteiger partial charge is 0.191 e. The number of guanidine groups is 1. The highest BCUT2D eigenvalue weighted by molar-refractivity contribution is 14.0. The Morgan fingerprint density at radius 2 is 2.07 bits per heavy atom. The molecule has 154 valence electrons. The number of rotatable bonds is 9. The standard InChI is InChI=1S/C19H30ClN3O3.HI/c1-4-21-19(23-14(2)12-25-18-9-10-24-13-18)22-11-15(3)26-17-7-5-16(20)6-8-17;/h5-8,14-15,18H,4,9-13H2,1-3H3,(H2,21,22,23);1H. The Hall–Kier alpha value is -0.770. The zero-order chi connectivity index (χ0) is 18.8. The zero-order valence-corrected chi connectivity index (χ0v) is 19.3. The Balaban J connectivity index is 0.00000364. The first-order chi connectivity index (χ1) is 12.6. The third-order valence-electron chi connectivity index (χ3n) is 3.85. The van der Waals surface area contributed by atoms with Crippen molar-refractivity contribution < 1.29 is 14.2 Å². The number of aliphatic imine (C=N–C) groups is 1. The van der Waals surface area contributed by atoms with E-state index in [-0.39, 0.29) is 42.2 Å². The number of ether oxygens (including phenoxy) is 3. The fraction of sp³-hybridized carbons (Fsp3) is 0.632. The first-order valence-corrected chi connectivity index (χ1v) is 9.61. The molecule has 1 fully saturated rings. The van der Waals surface area contributed by atoms with Gasteiger partial charge in [-0.3, -0.25) is 0 Å². The summed E-state index contributed by atoms with van der Waals surface area (Å²) in [6.07, 6.45) is 1.14. The molecule has 1 aromatic rings. The lowest BCUT2D eigenvalue weighted by Crippen LogP contribution is -2.45. The summed E-state index contributed by atoms with van der Waals surface area (Å²) in [5.41, 5.74) is 0. The minimum absolute atomic E-state index is 0. The van der Waals surface area contributed by atoms with Crippen molar-refractivity contribution in [3.63, 3.8) is 0 Å². The average Bonchev–Trinajstić information content (AvgIpc) is 3.14. The Bertz CT molecular complexity index is 554. The largest absolute Gasteiger partial charge is 0.489 e. The Kier molecular flexibility index (Phi) is 12.1. The molecule has 0 aromatic heterocycles. The maximum absolute atomic E-state index is 5.89. The topological polar surface area (TPSA) is 64.1 Å². The van der Waals surface area contributed by atoms with Gasteiger partial charge in [0.25, 0.3) is 0 Å². The van der Waals surface area contributed by atoms with Gasteiger partial charge in [0.2, 0.25) is 0 Å². The number of nitrogens with one attached hydrogen (secondary N) is 2. The van der Waals surface area contributed by atoms with Crippen LogP contribution in [0.1, 0.15) is 27.2 Å². The van der Waals surface area contributed by atoms with Crippen molar-refractivity contribution >= 4 is 41.5 Å². The lowest BCUT2D eigenvalue weighted by molar-refractivity contribution is 0.0347. The second kappa shape index (κ2) is 13.4. The van der Waals surface area contributed by atoms with Crippen molar-refractivity contribution in [1.82, 2.24) is 10.6 Å². The van der Waals surface area contributed by atoms with Crippen LogP contribution in [0.25, 0.3) is 0 Å². The summed E-state index contributed by atoms with van der Waals surface area (Å²) in [6.45, 7) is 9.56. The molecule has 0 bridgehead atoms. The summed E-state index contributed by atoms with van der Waals surface area (Å²) in [4.78, 5) is 4.61. The molecule has 0 radical (unpaired) electrons. The summed E-state index contributed by atoms with van der Waals surface area (Å²) in [6, 6.07) is 7.50. The van der Waals surface area contributed by atoms with Gasteiger partial charge in [0.15, 0.2) is 5.96 Å². The molecule has 3 atom stereocenters. The van der Waals surface area contributed by atoms with Crippen LogP contribution in [0, 0.1) is 0 Å². The number of benzene rings is 1. The first-order valence-electron chi connectivity index (χ1n) is 9.23. The second-order valence-corrected chi connectivity index (χ2v) is 6.90. The van der Waals surface area contributed by atoms with Crippen LogP contribution in [-0.2, 0) is 9.47 Å². The molecule has 0 saturated carbocycles. The third kappa shape index (κ3) is 9.82. The van der Waals surface area contributed by atoms with Crippen LogP contribution in [0.4, 0.5) is 0 Å². The molecule has 1 aromatic carbocycles. The van der Waals surface area contributed by atoms with E-state index in [0.717, 1.165) is 31.3 Å². The van der Waals surface area contributed by atoms with Crippen molar-refractivity contribution in [2.75, 3.05) is 32.9 Å². The van der Waals surface area contributed by atoms with E-state index >= 15 is 0 Å². The van der Waals surface area contributed by atoms with E-state index in [0.29, 0.717) is 24.8 Å². The van der Waals surface area contributed by atoms with E-state index in [1.54, 1.807) is 0 Å². The van der Waals surface area contributed by atoms with Gasteiger partial charge in [-0.1, -0.05) is 11.6 Å². The fourth-order valence-electron chi connectivity index (χ4n) is 2.52. The van der Waals surface area contributed by atoms with Crippen LogP contribution >= 0.6 is 35.6 Å². The van der Waals surface area contributed by atoms with Crippen LogP contribution < -0.4 is 15.4 Å².